The first-order valence-corrected chi connectivity index (χ1v) is 11.6. The third kappa shape index (κ3) is 4.90. The molecule has 2 N–H and O–H groups in total. The van der Waals surface area contributed by atoms with Crippen LogP contribution in [0.1, 0.15) is 38.2 Å². The van der Waals surface area contributed by atoms with E-state index in [9.17, 15) is 22.7 Å². The van der Waals surface area contributed by atoms with Crippen LogP contribution in [0.15, 0.2) is 24.3 Å². The molecule has 0 saturated carbocycles. The van der Waals surface area contributed by atoms with E-state index < -0.39 is 15.3 Å². The number of nitrogens with zero attached hydrogens (tertiary/aromatic N) is 2. The Hall–Kier alpha value is -1.71. The predicted octanol–water partition coefficient (Wildman–Crippen LogP) is 1.75. The van der Waals surface area contributed by atoms with E-state index in [0.717, 1.165) is 5.56 Å². The van der Waals surface area contributed by atoms with Crippen molar-refractivity contribution in [2.24, 2.45) is 5.92 Å². The SMILES string of the molecule is CC(C)[C@H](CO)NC(=O)N1CC(S(=O)(=O)N2CCC(c3ccc(F)cc3)CC2)C1. The summed E-state index contributed by atoms with van der Waals surface area (Å²) in [6, 6.07) is 5.73. The summed E-state index contributed by atoms with van der Waals surface area (Å²) >= 11 is 0. The number of aliphatic hydroxyl groups is 1. The number of likely N-dealkylation sites (tertiary alicyclic amines) is 1. The van der Waals surface area contributed by atoms with Gasteiger partial charge in [0.15, 0.2) is 0 Å². The lowest BCUT2D eigenvalue weighted by molar-refractivity contribution is 0.148. The fraction of sp³-hybridized carbons (Fsp3) is 0.650. The summed E-state index contributed by atoms with van der Waals surface area (Å²) in [5, 5.41) is 11.5. The van der Waals surface area contributed by atoms with Gasteiger partial charge in [-0.05, 0) is 42.4 Å². The first-order valence-electron chi connectivity index (χ1n) is 10.1. The van der Waals surface area contributed by atoms with Crippen molar-refractivity contribution in [3.05, 3.63) is 35.6 Å². The minimum atomic E-state index is -3.45. The Morgan fingerprint density at radius 3 is 2.31 bits per heavy atom. The second-order valence-corrected chi connectivity index (χ2v) is 10.5. The molecule has 0 spiro atoms. The third-order valence-corrected chi connectivity index (χ3v) is 8.25. The van der Waals surface area contributed by atoms with E-state index in [1.807, 2.05) is 13.8 Å². The van der Waals surface area contributed by atoms with Crippen LogP contribution in [0.25, 0.3) is 0 Å². The second-order valence-electron chi connectivity index (χ2n) is 8.28. The number of aliphatic hydroxyl groups excluding tert-OH is 1. The van der Waals surface area contributed by atoms with Crippen LogP contribution in [0.2, 0.25) is 0 Å². The lowest BCUT2D eigenvalue weighted by atomic mass is 9.90. The van der Waals surface area contributed by atoms with Crippen molar-refractivity contribution < 1.29 is 22.7 Å². The maximum Gasteiger partial charge on any atom is 0.317 e. The van der Waals surface area contributed by atoms with Crippen LogP contribution in [0, 0.1) is 11.7 Å². The molecule has 0 unspecified atom stereocenters. The number of piperidine rings is 1. The highest BCUT2D eigenvalue weighted by atomic mass is 32.2. The molecule has 2 saturated heterocycles. The third-order valence-electron chi connectivity index (χ3n) is 6.02. The molecule has 29 heavy (non-hydrogen) atoms. The zero-order chi connectivity index (χ0) is 21.2. The van der Waals surface area contributed by atoms with Crippen molar-refractivity contribution in [3.8, 4) is 0 Å². The van der Waals surface area contributed by atoms with E-state index in [2.05, 4.69) is 5.32 Å². The Kier molecular flexibility index (Phi) is 6.80. The standard InChI is InChI=1S/C20H30FN3O4S/c1-14(2)19(13-25)22-20(26)23-11-18(12-23)29(27,28)24-9-7-16(8-10-24)15-3-5-17(21)6-4-15/h3-6,14,16,18-19,25H,7-13H2,1-2H3,(H,22,26)/t19-/m0/s1. The zero-order valence-corrected chi connectivity index (χ0v) is 17.7. The maximum atomic E-state index is 13.1. The largest absolute Gasteiger partial charge is 0.394 e. The predicted molar refractivity (Wildman–Crippen MR) is 108 cm³/mol. The summed E-state index contributed by atoms with van der Waals surface area (Å²) in [4.78, 5) is 13.7. The summed E-state index contributed by atoms with van der Waals surface area (Å²) in [5.74, 6) is 0.0513. The summed E-state index contributed by atoms with van der Waals surface area (Å²) in [5.41, 5.74) is 1.04. The van der Waals surface area contributed by atoms with Gasteiger partial charge < -0.3 is 15.3 Å². The van der Waals surface area contributed by atoms with Crippen LogP contribution in [-0.2, 0) is 10.0 Å². The van der Waals surface area contributed by atoms with Crippen LogP contribution in [0.3, 0.4) is 0 Å². The Labute approximate surface area is 171 Å². The van der Waals surface area contributed by atoms with Crippen molar-refractivity contribution in [2.45, 2.75) is 43.9 Å². The zero-order valence-electron chi connectivity index (χ0n) is 16.9. The molecule has 162 valence electrons. The van der Waals surface area contributed by atoms with Gasteiger partial charge in [-0.1, -0.05) is 26.0 Å². The molecule has 1 atom stereocenters. The molecule has 2 heterocycles. The molecule has 0 bridgehead atoms. The number of hydrogen-bond donors (Lipinski definition) is 2. The number of carbonyl (C=O) groups is 1. The van der Waals surface area contributed by atoms with Gasteiger partial charge in [0, 0.05) is 26.2 Å². The summed E-state index contributed by atoms with van der Waals surface area (Å²) < 4.78 is 40.4. The number of benzene rings is 1. The first kappa shape index (κ1) is 22.0. The van der Waals surface area contributed by atoms with E-state index in [0.29, 0.717) is 25.9 Å². The number of nitrogens with one attached hydrogen (secondary N) is 1. The van der Waals surface area contributed by atoms with Gasteiger partial charge in [-0.2, -0.15) is 0 Å². The van der Waals surface area contributed by atoms with Crippen LogP contribution in [-0.4, -0.2) is 72.8 Å². The highest BCUT2D eigenvalue weighted by Crippen LogP contribution is 2.31. The monoisotopic (exact) mass is 427 g/mol. The van der Waals surface area contributed by atoms with Gasteiger partial charge >= 0.3 is 6.03 Å². The fourth-order valence-electron chi connectivity index (χ4n) is 3.85. The van der Waals surface area contributed by atoms with Gasteiger partial charge in [0.05, 0.1) is 12.6 Å². The lowest BCUT2D eigenvalue weighted by Crippen LogP contribution is -2.63. The number of sulfonamides is 1. The molecular formula is C20H30FN3O4S. The molecule has 2 fully saturated rings. The highest BCUT2D eigenvalue weighted by molar-refractivity contribution is 7.89. The van der Waals surface area contributed by atoms with E-state index in [4.69, 9.17) is 0 Å². The first-order chi connectivity index (χ1) is 13.7. The summed E-state index contributed by atoms with van der Waals surface area (Å²) in [6.07, 6.45) is 1.41. The lowest BCUT2D eigenvalue weighted by Gasteiger charge is -2.42. The highest BCUT2D eigenvalue weighted by Gasteiger charge is 2.44. The molecular weight excluding hydrogens is 397 g/mol. The molecule has 2 amide bonds. The molecule has 0 radical (unpaired) electrons. The van der Waals surface area contributed by atoms with Gasteiger partial charge in [0.1, 0.15) is 11.1 Å². The molecule has 9 heteroatoms. The normalized spacial score (nSPS) is 20.5. The molecule has 1 aromatic carbocycles. The smallest absolute Gasteiger partial charge is 0.317 e. The molecule has 1 aromatic rings. The van der Waals surface area contributed by atoms with Crippen LogP contribution < -0.4 is 5.32 Å². The average Bonchev–Trinajstić information content (AvgIpc) is 2.65. The van der Waals surface area contributed by atoms with Gasteiger partial charge in [-0.3, -0.25) is 0 Å². The van der Waals surface area contributed by atoms with Gasteiger partial charge in [0.2, 0.25) is 10.0 Å². The topological polar surface area (TPSA) is 90.0 Å². The molecule has 2 aliphatic rings. The van der Waals surface area contributed by atoms with Crippen LogP contribution in [0.4, 0.5) is 9.18 Å². The molecule has 0 aliphatic carbocycles. The number of halogens is 1. The number of rotatable bonds is 6. The van der Waals surface area contributed by atoms with Crippen molar-refractivity contribution in [1.82, 2.24) is 14.5 Å². The van der Waals surface area contributed by atoms with Crippen molar-refractivity contribution >= 4 is 16.1 Å². The minimum absolute atomic E-state index is 0.0900. The molecule has 3 rings (SSSR count). The Morgan fingerprint density at radius 2 is 1.79 bits per heavy atom. The minimum Gasteiger partial charge on any atom is -0.394 e. The van der Waals surface area contributed by atoms with E-state index in [1.165, 1.54) is 21.3 Å². The van der Waals surface area contributed by atoms with Gasteiger partial charge in [0.25, 0.3) is 0 Å². The number of hydrogen-bond acceptors (Lipinski definition) is 4. The van der Waals surface area contributed by atoms with E-state index in [1.54, 1.807) is 12.1 Å². The fourth-order valence-corrected chi connectivity index (χ4v) is 5.73. The second kappa shape index (κ2) is 8.97. The van der Waals surface area contributed by atoms with Crippen LogP contribution in [0.5, 0.6) is 0 Å². The van der Waals surface area contributed by atoms with Gasteiger partial charge in [-0.25, -0.2) is 21.9 Å². The summed E-state index contributed by atoms with van der Waals surface area (Å²) in [6.45, 7) is 4.87. The number of amides is 2. The maximum absolute atomic E-state index is 13.1. The van der Waals surface area contributed by atoms with E-state index in [-0.39, 0.29) is 49.4 Å². The number of urea groups is 1. The average molecular weight is 428 g/mol. The molecule has 7 nitrogen and oxygen atoms in total. The van der Waals surface area contributed by atoms with Gasteiger partial charge in [-0.15, -0.1) is 0 Å². The van der Waals surface area contributed by atoms with Crippen LogP contribution >= 0.6 is 0 Å². The Morgan fingerprint density at radius 1 is 1.21 bits per heavy atom. The van der Waals surface area contributed by atoms with Crippen molar-refractivity contribution in [1.29, 1.82) is 0 Å². The number of carbonyl (C=O) groups excluding carboxylic acids is 1. The Balaban J connectivity index is 1.50. The molecule has 2 aliphatic heterocycles. The Bertz CT molecular complexity index is 802. The molecule has 0 aromatic heterocycles. The quantitative estimate of drug-likeness (QED) is 0.724. The van der Waals surface area contributed by atoms with E-state index >= 15 is 0 Å². The van der Waals surface area contributed by atoms with Crippen molar-refractivity contribution in [2.75, 3.05) is 32.8 Å². The van der Waals surface area contributed by atoms with Crippen molar-refractivity contribution in [3.63, 3.8) is 0 Å². The summed E-state index contributed by atoms with van der Waals surface area (Å²) in [7, 11) is -3.45.